The van der Waals surface area contributed by atoms with Gasteiger partial charge in [0.05, 0.1) is 5.54 Å². The molecular weight excluding hydrogens is 112 g/mol. The highest BCUT2D eigenvalue weighted by atomic mass is 14.8. The van der Waals surface area contributed by atoms with Crippen LogP contribution < -0.4 is 5.73 Å². The van der Waals surface area contributed by atoms with Gasteiger partial charge in [-0.1, -0.05) is 0 Å². The predicted molar refractivity (Wildman–Crippen MR) is 40.8 cm³/mol. The lowest BCUT2D eigenvalue weighted by Gasteiger charge is -2.15. The number of nitrogens with two attached hydrogens (primary N) is 1. The van der Waals surface area contributed by atoms with Crippen molar-refractivity contribution in [2.24, 2.45) is 10.7 Å². The summed E-state index contributed by atoms with van der Waals surface area (Å²) in [4.78, 5) is 4.01. The average molecular weight is 126 g/mol. The summed E-state index contributed by atoms with van der Waals surface area (Å²) in [5, 5.41) is 0. The lowest BCUT2D eigenvalue weighted by molar-refractivity contribution is 0.490. The van der Waals surface area contributed by atoms with Crippen molar-refractivity contribution in [3.8, 4) is 0 Å². The molecule has 0 aromatic heterocycles. The van der Waals surface area contributed by atoms with Crippen LogP contribution >= 0.6 is 0 Å². The Morgan fingerprint density at radius 2 is 2.22 bits per heavy atom. The molecule has 0 unspecified atom stereocenters. The third kappa shape index (κ3) is 3.95. The molecule has 0 spiro atoms. The van der Waals surface area contributed by atoms with Gasteiger partial charge in [0, 0.05) is 0 Å². The van der Waals surface area contributed by atoms with E-state index < -0.39 is 0 Å². The van der Waals surface area contributed by atoms with Gasteiger partial charge in [0.2, 0.25) is 0 Å². The molecule has 0 aliphatic carbocycles. The van der Waals surface area contributed by atoms with Crippen LogP contribution in [0.5, 0.6) is 0 Å². The minimum absolute atomic E-state index is 0.0729. The van der Waals surface area contributed by atoms with E-state index in [0.717, 1.165) is 6.42 Å². The molecule has 52 valence electrons. The molecule has 0 saturated carbocycles. The summed E-state index contributed by atoms with van der Waals surface area (Å²) < 4.78 is 0. The van der Waals surface area contributed by atoms with Gasteiger partial charge in [-0.3, -0.25) is 0 Å². The standard InChI is InChI=1S/C7H14N2/c1-4-9-7(2,3)5-6-8/h1,5-6,8H2,2-3H3. The molecule has 0 radical (unpaired) electrons. The van der Waals surface area contributed by atoms with Gasteiger partial charge in [-0.15, -0.1) is 0 Å². The second-order valence-corrected chi connectivity index (χ2v) is 2.62. The Bertz CT molecular complexity index is 121. The summed E-state index contributed by atoms with van der Waals surface area (Å²) in [7, 11) is 0. The fourth-order valence-electron chi connectivity index (χ4n) is 0.623. The van der Waals surface area contributed by atoms with E-state index >= 15 is 0 Å². The van der Waals surface area contributed by atoms with Gasteiger partial charge in [-0.05, 0) is 39.3 Å². The smallest absolute Gasteiger partial charge is 0.0657 e. The van der Waals surface area contributed by atoms with Gasteiger partial charge >= 0.3 is 0 Å². The summed E-state index contributed by atoms with van der Waals surface area (Å²) in [6.45, 7) is 8.08. The van der Waals surface area contributed by atoms with Crippen molar-refractivity contribution in [2.75, 3.05) is 6.54 Å². The number of aliphatic imine (C=N–C) groups is 1. The third-order valence-electron chi connectivity index (χ3n) is 1.14. The summed E-state index contributed by atoms with van der Waals surface area (Å²) in [5.74, 6) is 2.51. The van der Waals surface area contributed by atoms with Crippen molar-refractivity contribution < 1.29 is 0 Å². The molecule has 0 atom stereocenters. The lowest BCUT2D eigenvalue weighted by Crippen LogP contribution is -2.20. The molecule has 0 aromatic carbocycles. The SMILES string of the molecule is C=C=NC(C)(C)CCN. The predicted octanol–water partition coefficient (Wildman–Crippen LogP) is 0.970. The van der Waals surface area contributed by atoms with Crippen LogP contribution in [0.25, 0.3) is 0 Å². The van der Waals surface area contributed by atoms with Crippen LogP contribution in [0.15, 0.2) is 11.6 Å². The van der Waals surface area contributed by atoms with Crippen molar-refractivity contribution >= 4 is 5.87 Å². The van der Waals surface area contributed by atoms with Gasteiger partial charge in [0.1, 0.15) is 0 Å². The molecule has 0 amide bonds. The van der Waals surface area contributed by atoms with E-state index in [2.05, 4.69) is 17.4 Å². The zero-order chi connectivity index (χ0) is 7.33. The van der Waals surface area contributed by atoms with Crippen LogP contribution in [0.2, 0.25) is 0 Å². The molecule has 9 heavy (non-hydrogen) atoms. The van der Waals surface area contributed by atoms with E-state index in [9.17, 15) is 0 Å². The van der Waals surface area contributed by atoms with Crippen molar-refractivity contribution in [2.45, 2.75) is 25.8 Å². The maximum atomic E-state index is 5.34. The lowest BCUT2D eigenvalue weighted by atomic mass is 10.0. The zero-order valence-corrected chi connectivity index (χ0v) is 6.15. The van der Waals surface area contributed by atoms with Gasteiger partial charge in [0.25, 0.3) is 0 Å². The second-order valence-electron chi connectivity index (χ2n) is 2.62. The van der Waals surface area contributed by atoms with Crippen molar-refractivity contribution in [1.82, 2.24) is 0 Å². The number of hydrogen-bond donors (Lipinski definition) is 1. The Morgan fingerprint density at radius 1 is 1.67 bits per heavy atom. The Balaban J connectivity index is 3.85. The number of rotatable bonds is 3. The molecular formula is C7H14N2. The third-order valence-corrected chi connectivity index (χ3v) is 1.14. The first-order valence-electron chi connectivity index (χ1n) is 3.06. The summed E-state index contributed by atoms with van der Waals surface area (Å²) in [6.07, 6.45) is 0.884. The summed E-state index contributed by atoms with van der Waals surface area (Å²) >= 11 is 0. The zero-order valence-electron chi connectivity index (χ0n) is 6.15. The van der Waals surface area contributed by atoms with Crippen LogP contribution in [0, 0.1) is 0 Å². The highest BCUT2D eigenvalue weighted by Crippen LogP contribution is 2.10. The molecule has 0 bridgehead atoms. The monoisotopic (exact) mass is 126 g/mol. The molecule has 0 heterocycles. The highest BCUT2D eigenvalue weighted by Gasteiger charge is 2.12. The average Bonchev–Trinajstić information content (AvgIpc) is 1.64. The Hall–Kier alpha value is -0.590. The van der Waals surface area contributed by atoms with E-state index in [-0.39, 0.29) is 5.54 Å². The minimum Gasteiger partial charge on any atom is -0.330 e. The molecule has 2 heteroatoms. The molecule has 0 aliphatic rings. The Labute approximate surface area is 56.5 Å². The van der Waals surface area contributed by atoms with Crippen LogP contribution in [-0.2, 0) is 0 Å². The van der Waals surface area contributed by atoms with E-state index in [1.165, 1.54) is 0 Å². The van der Waals surface area contributed by atoms with Crippen LogP contribution in [0.1, 0.15) is 20.3 Å². The fraction of sp³-hybridized carbons (Fsp3) is 0.714. The van der Waals surface area contributed by atoms with Gasteiger partial charge in [-0.2, -0.15) is 0 Å². The molecule has 0 rings (SSSR count). The first-order chi connectivity index (χ1) is 4.12. The first-order valence-corrected chi connectivity index (χ1v) is 3.06. The topological polar surface area (TPSA) is 38.4 Å². The molecule has 0 fully saturated rings. The van der Waals surface area contributed by atoms with E-state index in [1.807, 2.05) is 13.8 Å². The number of nitrogens with zero attached hydrogens (tertiary/aromatic N) is 1. The molecule has 0 aliphatic heterocycles. The molecule has 2 nitrogen and oxygen atoms in total. The van der Waals surface area contributed by atoms with Crippen LogP contribution in [-0.4, -0.2) is 18.0 Å². The summed E-state index contributed by atoms with van der Waals surface area (Å²) in [5.41, 5.74) is 5.26. The van der Waals surface area contributed by atoms with Crippen LogP contribution in [0.4, 0.5) is 0 Å². The van der Waals surface area contributed by atoms with Crippen molar-refractivity contribution in [3.05, 3.63) is 6.58 Å². The summed E-state index contributed by atoms with van der Waals surface area (Å²) in [6, 6.07) is 0. The Morgan fingerprint density at radius 3 is 2.56 bits per heavy atom. The van der Waals surface area contributed by atoms with E-state index in [4.69, 9.17) is 5.73 Å². The molecule has 2 N–H and O–H groups in total. The van der Waals surface area contributed by atoms with E-state index in [0.29, 0.717) is 6.54 Å². The normalized spacial score (nSPS) is 10.6. The quantitative estimate of drug-likeness (QED) is 0.562. The fourth-order valence-corrected chi connectivity index (χ4v) is 0.623. The minimum atomic E-state index is -0.0729. The van der Waals surface area contributed by atoms with Crippen LogP contribution in [0.3, 0.4) is 0 Å². The number of hydrogen-bond acceptors (Lipinski definition) is 2. The van der Waals surface area contributed by atoms with Gasteiger partial charge in [-0.25, -0.2) is 4.99 Å². The van der Waals surface area contributed by atoms with Crippen molar-refractivity contribution in [1.29, 1.82) is 0 Å². The largest absolute Gasteiger partial charge is 0.330 e. The maximum absolute atomic E-state index is 5.34. The van der Waals surface area contributed by atoms with Crippen molar-refractivity contribution in [3.63, 3.8) is 0 Å². The van der Waals surface area contributed by atoms with Gasteiger partial charge in [0.15, 0.2) is 0 Å². The Kier molecular flexibility index (Phi) is 3.21. The molecule has 0 aromatic rings. The second kappa shape index (κ2) is 3.44. The van der Waals surface area contributed by atoms with E-state index in [1.54, 1.807) is 0 Å². The molecule has 0 saturated heterocycles. The maximum Gasteiger partial charge on any atom is 0.0657 e. The highest BCUT2D eigenvalue weighted by molar-refractivity contribution is 5.47. The van der Waals surface area contributed by atoms with Gasteiger partial charge < -0.3 is 5.73 Å². The first kappa shape index (κ1) is 8.41.